The molecule has 0 spiro atoms. The first-order chi connectivity index (χ1) is 10.2. The Morgan fingerprint density at radius 2 is 2.14 bits per heavy atom. The second kappa shape index (κ2) is 6.30. The Labute approximate surface area is 132 Å². The Balaban J connectivity index is 1.68. The molecule has 1 fully saturated rings. The molecule has 3 rings (SSSR count). The van der Waals surface area contributed by atoms with E-state index < -0.39 is 6.10 Å². The number of nitrogens with one attached hydrogen (secondary N) is 1. The lowest BCUT2D eigenvalue weighted by atomic mass is 9.83. The number of aliphatic hydroxyl groups excluding tert-OH is 1. The van der Waals surface area contributed by atoms with Crippen molar-refractivity contribution in [2.75, 3.05) is 6.54 Å². The summed E-state index contributed by atoms with van der Waals surface area (Å²) in [5.41, 5.74) is 0.500. The number of rotatable bonds is 5. The van der Waals surface area contributed by atoms with E-state index in [1.54, 1.807) is 22.7 Å². The van der Waals surface area contributed by atoms with Crippen LogP contribution in [-0.2, 0) is 10.2 Å². The summed E-state index contributed by atoms with van der Waals surface area (Å²) in [6.07, 6.45) is 3.39. The molecule has 0 aliphatic heterocycles. The molecule has 21 heavy (non-hydrogen) atoms. The largest absolute Gasteiger partial charge is 0.387 e. The van der Waals surface area contributed by atoms with Gasteiger partial charge in [-0.15, -0.1) is 11.3 Å². The Bertz CT molecular complexity index is 571. The number of carbonyl (C=O) groups is 1. The van der Waals surface area contributed by atoms with Gasteiger partial charge in [-0.1, -0.05) is 18.9 Å². The van der Waals surface area contributed by atoms with Gasteiger partial charge < -0.3 is 10.4 Å². The quantitative estimate of drug-likeness (QED) is 0.886. The van der Waals surface area contributed by atoms with Gasteiger partial charge in [0, 0.05) is 11.4 Å². The molecule has 1 amide bonds. The van der Waals surface area contributed by atoms with E-state index in [1.807, 2.05) is 28.3 Å². The van der Waals surface area contributed by atoms with E-state index in [4.69, 9.17) is 0 Å². The highest BCUT2D eigenvalue weighted by molar-refractivity contribution is 7.10. The summed E-state index contributed by atoms with van der Waals surface area (Å²) < 4.78 is 0. The van der Waals surface area contributed by atoms with Crippen molar-refractivity contribution in [1.29, 1.82) is 0 Å². The number of carbonyl (C=O) groups excluding carboxylic acids is 1. The molecule has 2 heterocycles. The number of hydrogen-bond donors (Lipinski definition) is 2. The van der Waals surface area contributed by atoms with Crippen molar-refractivity contribution >= 4 is 28.6 Å². The van der Waals surface area contributed by atoms with Crippen LogP contribution in [-0.4, -0.2) is 17.6 Å². The maximum atomic E-state index is 12.7. The van der Waals surface area contributed by atoms with Crippen LogP contribution in [0.25, 0.3) is 0 Å². The molecular formula is C16H19NO2S2. The molecule has 5 heteroatoms. The van der Waals surface area contributed by atoms with Gasteiger partial charge in [-0.05, 0) is 46.7 Å². The molecule has 0 unspecified atom stereocenters. The predicted molar refractivity (Wildman–Crippen MR) is 86.8 cm³/mol. The first-order valence-electron chi connectivity index (χ1n) is 7.25. The minimum atomic E-state index is -0.623. The lowest BCUT2D eigenvalue weighted by molar-refractivity contribution is -0.127. The average Bonchev–Trinajstić information content (AvgIpc) is 3.26. The van der Waals surface area contributed by atoms with Crippen LogP contribution in [0.1, 0.15) is 42.2 Å². The maximum Gasteiger partial charge on any atom is 0.231 e. The monoisotopic (exact) mass is 321 g/mol. The van der Waals surface area contributed by atoms with Crippen molar-refractivity contribution in [2.24, 2.45) is 0 Å². The second-order valence-electron chi connectivity index (χ2n) is 5.55. The zero-order valence-electron chi connectivity index (χ0n) is 11.7. The van der Waals surface area contributed by atoms with Crippen LogP contribution in [0, 0.1) is 0 Å². The smallest absolute Gasteiger partial charge is 0.231 e. The molecule has 1 aliphatic carbocycles. The summed E-state index contributed by atoms with van der Waals surface area (Å²) in [7, 11) is 0. The third-order valence-electron chi connectivity index (χ3n) is 4.27. The van der Waals surface area contributed by atoms with Gasteiger partial charge in [-0.25, -0.2) is 0 Å². The van der Waals surface area contributed by atoms with Crippen molar-refractivity contribution in [3.05, 3.63) is 44.8 Å². The summed E-state index contributed by atoms with van der Waals surface area (Å²) >= 11 is 3.21. The zero-order valence-corrected chi connectivity index (χ0v) is 13.4. The third-order valence-corrected chi connectivity index (χ3v) is 6.04. The summed E-state index contributed by atoms with van der Waals surface area (Å²) in [4.78, 5) is 13.9. The highest BCUT2D eigenvalue weighted by Gasteiger charge is 2.43. The van der Waals surface area contributed by atoms with Crippen LogP contribution in [0.15, 0.2) is 34.3 Å². The minimum Gasteiger partial charge on any atom is -0.387 e. The van der Waals surface area contributed by atoms with Crippen molar-refractivity contribution in [2.45, 2.75) is 37.2 Å². The molecule has 2 aromatic rings. The summed E-state index contributed by atoms with van der Waals surface area (Å²) in [6, 6.07) is 5.96. The van der Waals surface area contributed by atoms with E-state index in [0.29, 0.717) is 0 Å². The van der Waals surface area contributed by atoms with Gasteiger partial charge in [0.15, 0.2) is 0 Å². The van der Waals surface area contributed by atoms with Gasteiger partial charge in [0.25, 0.3) is 0 Å². The number of amides is 1. The summed E-state index contributed by atoms with van der Waals surface area (Å²) in [5.74, 6) is 0.0664. The van der Waals surface area contributed by atoms with Gasteiger partial charge in [-0.2, -0.15) is 11.3 Å². The fraction of sp³-hybridized carbons (Fsp3) is 0.438. The van der Waals surface area contributed by atoms with Crippen LogP contribution in [0.3, 0.4) is 0 Å². The van der Waals surface area contributed by atoms with E-state index in [9.17, 15) is 9.90 Å². The van der Waals surface area contributed by atoms with Crippen molar-refractivity contribution in [1.82, 2.24) is 5.32 Å². The van der Waals surface area contributed by atoms with E-state index in [2.05, 4.69) is 11.4 Å². The van der Waals surface area contributed by atoms with Gasteiger partial charge in [0.1, 0.15) is 0 Å². The summed E-state index contributed by atoms with van der Waals surface area (Å²) in [6.45, 7) is 0.280. The van der Waals surface area contributed by atoms with Gasteiger partial charge in [0.2, 0.25) is 5.91 Å². The Morgan fingerprint density at radius 3 is 2.76 bits per heavy atom. The van der Waals surface area contributed by atoms with Crippen LogP contribution in [0.5, 0.6) is 0 Å². The van der Waals surface area contributed by atoms with Crippen LogP contribution in [0.4, 0.5) is 0 Å². The second-order valence-corrected chi connectivity index (χ2v) is 7.28. The molecule has 1 atom stereocenters. The first kappa shape index (κ1) is 14.8. The van der Waals surface area contributed by atoms with E-state index in [0.717, 1.165) is 36.1 Å². The van der Waals surface area contributed by atoms with Crippen molar-refractivity contribution in [3.63, 3.8) is 0 Å². The molecule has 0 bridgehead atoms. The molecule has 2 N–H and O–H groups in total. The normalized spacial score (nSPS) is 18.5. The Kier molecular flexibility index (Phi) is 4.42. The van der Waals surface area contributed by atoms with E-state index in [1.165, 1.54) is 0 Å². The predicted octanol–water partition coefficient (Wildman–Crippen LogP) is 3.47. The molecule has 1 aliphatic rings. The molecule has 112 valence electrons. The topological polar surface area (TPSA) is 49.3 Å². The first-order valence-corrected chi connectivity index (χ1v) is 9.07. The van der Waals surface area contributed by atoms with E-state index in [-0.39, 0.29) is 17.9 Å². The van der Waals surface area contributed by atoms with Crippen LogP contribution >= 0.6 is 22.7 Å². The maximum absolute atomic E-state index is 12.7. The standard InChI is InChI=1S/C16H19NO2S2/c18-13(12-5-9-20-11-12)10-17-15(19)16(6-1-2-7-16)14-4-3-8-21-14/h3-5,8-9,11,13,18H,1-2,6-7,10H2,(H,17,19)/t13-/m1/s1. The highest BCUT2D eigenvalue weighted by Crippen LogP contribution is 2.43. The van der Waals surface area contributed by atoms with Gasteiger partial charge >= 0.3 is 0 Å². The molecule has 1 saturated carbocycles. The SMILES string of the molecule is O=C(NC[C@@H](O)c1ccsc1)C1(c2cccs2)CCCC1. The Hall–Kier alpha value is -1.17. The van der Waals surface area contributed by atoms with Gasteiger partial charge in [-0.3, -0.25) is 4.79 Å². The fourth-order valence-electron chi connectivity index (χ4n) is 3.06. The molecule has 0 saturated heterocycles. The third kappa shape index (κ3) is 2.91. The van der Waals surface area contributed by atoms with Crippen molar-refractivity contribution < 1.29 is 9.90 Å². The highest BCUT2D eigenvalue weighted by atomic mass is 32.1. The number of aliphatic hydroxyl groups is 1. The van der Waals surface area contributed by atoms with Crippen LogP contribution < -0.4 is 5.32 Å². The molecular weight excluding hydrogens is 302 g/mol. The fourth-order valence-corrected chi connectivity index (χ4v) is 4.75. The molecule has 0 aromatic carbocycles. The lowest BCUT2D eigenvalue weighted by Gasteiger charge is -2.27. The van der Waals surface area contributed by atoms with E-state index >= 15 is 0 Å². The Morgan fingerprint density at radius 1 is 1.33 bits per heavy atom. The number of thiophene rings is 2. The lowest BCUT2D eigenvalue weighted by Crippen LogP contribution is -2.43. The molecule has 3 nitrogen and oxygen atoms in total. The minimum absolute atomic E-state index is 0.0664. The van der Waals surface area contributed by atoms with Crippen LogP contribution in [0.2, 0.25) is 0 Å². The average molecular weight is 321 g/mol. The van der Waals surface area contributed by atoms with Gasteiger partial charge in [0.05, 0.1) is 11.5 Å². The number of hydrogen-bond acceptors (Lipinski definition) is 4. The zero-order chi connectivity index (χ0) is 14.7. The molecule has 0 radical (unpaired) electrons. The van der Waals surface area contributed by atoms with Crippen molar-refractivity contribution in [3.8, 4) is 0 Å². The summed E-state index contributed by atoms with van der Waals surface area (Å²) in [5, 5.41) is 19.0. The molecule has 2 aromatic heterocycles.